The molecule has 0 aromatic rings. The molecule has 1 N–H and O–H groups in total. The standard InChI is InChI=1S/C16H32N2O/c1-4-5-6-7-8-9-10-11-12-18-15(19)13-17-16(18)14(2)3/h14,16-17H,4-13H2,1-3H3. The van der Waals surface area contributed by atoms with Gasteiger partial charge in [0.2, 0.25) is 5.91 Å². The van der Waals surface area contributed by atoms with Crippen LogP contribution in [0.2, 0.25) is 0 Å². The topological polar surface area (TPSA) is 32.3 Å². The van der Waals surface area contributed by atoms with Gasteiger partial charge >= 0.3 is 0 Å². The summed E-state index contributed by atoms with van der Waals surface area (Å²) in [5.74, 6) is 0.780. The fraction of sp³-hybridized carbons (Fsp3) is 0.938. The summed E-state index contributed by atoms with van der Waals surface area (Å²) in [5.41, 5.74) is 0. The van der Waals surface area contributed by atoms with Crippen molar-refractivity contribution in [3.05, 3.63) is 0 Å². The highest BCUT2D eigenvalue weighted by Crippen LogP contribution is 2.15. The Labute approximate surface area is 119 Å². The van der Waals surface area contributed by atoms with E-state index >= 15 is 0 Å². The first-order valence-electron chi connectivity index (χ1n) is 8.19. The van der Waals surface area contributed by atoms with Gasteiger partial charge in [-0.05, 0) is 12.3 Å². The number of rotatable bonds is 10. The van der Waals surface area contributed by atoms with Crippen molar-refractivity contribution in [2.45, 2.75) is 78.3 Å². The van der Waals surface area contributed by atoms with Gasteiger partial charge in [0.15, 0.2) is 0 Å². The number of amides is 1. The molecule has 0 aromatic carbocycles. The minimum atomic E-state index is 0.261. The van der Waals surface area contributed by atoms with Crippen molar-refractivity contribution in [1.82, 2.24) is 10.2 Å². The lowest BCUT2D eigenvalue weighted by molar-refractivity contribution is -0.128. The highest BCUT2D eigenvalue weighted by molar-refractivity contribution is 5.80. The van der Waals surface area contributed by atoms with Crippen LogP contribution >= 0.6 is 0 Å². The van der Waals surface area contributed by atoms with Gasteiger partial charge in [-0.25, -0.2) is 0 Å². The molecule has 1 saturated heterocycles. The third kappa shape index (κ3) is 5.94. The van der Waals surface area contributed by atoms with Crippen LogP contribution in [0.3, 0.4) is 0 Å². The van der Waals surface area contributed by atoms with Crippen LogP contribution in [-0.4, -0.2) is 30.1 Å². The first-order valence-corrected chi connectivity index (χ1v) is 8.19. The molecular formula is C16H32N2O. The molecule has 1 heterocycles. The van der Waals surface area contributed by atoms with Crippen molar-refractivity contribution in [3.8, 4) is 0 Å². The van der Waals surface area contributed by atoms with E-state index in [0.29, 0.717) is 12.5 Å². The Morgan fingerprint density at radius 3 is 2.26 bits per heavy atom. The van der Waals surface area contributed by atoms with Gasteiger partial charge in [0.1, 0.15) is 0 Å². The second-order valence-corrected chi connectivity index (χ2v) is 6.13. The minimum absolute atomic E-state index is 0.261. The number of hydrogen-bond donors (Lipinski definition) is 1. The molecule has 112 valence electrons. The summed E-state index contributed by atoms with van der Waals surface area (Å²) in [5, 5.41) is 3.31. The molecule has 1 unspecified atom stereocenters. The molecule has 1 aliphatic heterocycles. The second-order valence-electron chi connectivity index (χ2n) is 6.13. The Bertz CT molecular complexity index is 253. The number of carbonyl (C=O) groups excluding carboxylic acids is 1. The Morgan fingerprint density at radius 1 is 1.11 bits per heavy atom. The van der Waals surface area contributed by atoms with Crippen LogP contribution in [-0.2, 0) is 4.79 Å². The molecule has 1 fully saturated rings. The lowest BCUT2D eigenvalue weighted by Crippen LogP contribution is -2.41. The molecule has 3 nitrogen and oxygen atoms in total. The van der Waals surface area contributed by atoms with Crippen molar-refractivity contribution in [1.29, 1.82) is 0 Å². The Hall–Kier alpha value is -0.570. The molecule has 0 aromatic heterocycles. The highest BCUT2D eigenvalue weighted by Gasteiger charge is 2.31. The Kier molecular flexibility index (Phi) is 8.11. The average Bonchev–Trinajstić information content (AvgIpc) is 2.74. The summed E-state index contributed by atoms with van der Waals surface area (Å²) in [6.07, 6.45) is 10.8. The number of carbonyl (C=O) groups is 1. The van der Waals surface area contributed by atoms with Gasteiger partial charge in [0.25, 0.3) is 0 Å². The van der Waals surface area contributed by atoms with Crippen LogP contribution in [0.4, 0.5) is 0 Å². The molecule has 0 radical (unpaired) electrons. The molecule has 19 heavy (non-hydrogen) atoms. The van der Waals surface area contributed by atoms with E-state index in [1.54, 1.807) is 0 Å². The van der Waals surface area contributed by atoms with Crippen molar-refractivity contribution in [2.24, 2.45) is 5.92 Å². The fourth-order valence-corrected chi connectivity index (χ4v) is 2.83. The van der Waals surface area contributed by atoms with E-state index in [0.717, 1.165) is 13.0 Å². The molecule has 1 aliphatic rings. The highest BCUT2D eigenvalue weighted by atomic mass is 16.2. The molecule has 1 rings (SSSR count). The van der Waals surface area contributed by atoms with E-state index in [9.17, 15) is 4.79 Å². The molecule has 0 saturated carbocycles. The fourth-order valence-electron chi connectivity index (χ4n) is 2.83. The van der Waals surface area contributed by atoms with Crippen molar-refractivity contribution in [2.75, 3.05) is 13.1 Å². The molecule has 0 bridgehead atoms. The first kappa shape index (κ1) is 16.5. The number of nitrogens with zero attached hydrogens (tertiary/aromatic N) is 1. The largest absolute Gasteiger partial charge is 0.326 e. The predicted octanol–water partition coefficient (Wildman–Crippen LogP) is 3.54. The summed E-state index contributed by atoms with van der Waals surface area (Å²) in [6.45, 7) is 8.07. The van der Waals surface area contributed by atoms with E-state index in [4.69, 9.17) is 0 Å². The van der Waals surface area contributed by atoms with Gasteiger partial charge in [-0.15, -0.1) is 0 Å². The maximum absolute atomic E-state index is 11.8. The van der Waals surface area contributed by atoms with Gasteiger partial charge in [-0.2, -0.15) is 0 Å². The van der Waals surface area contributed by atoms with Crippen LogP contribution in [0.1, 0.15) is 72.1 Å². The summed E-state index contributed by atoms with van der Waals surface area (Å²) in [7, 11) is 0. The summed E-state index contributed by atoms with van der Waals surface area (Å²) in [4.78, 5) is 13.8. The number of nitrogens with one attached hydrogen (secondary N) is 1. The Balaban J connectivity index is 2.06. The zero-order chi connectivity index (χ0) is 14.1. The van der Waals surface area contributed by atoms with E-state index in [1.165, 1.54) is 44.9 Å². The predicted molar refractivity (Wildman–Crippen MR) is 81.0 cm³/mol. The van der Waals surface area contributed by atoms with Crippen LogP contribution < -0.4 is 5.32 Å². The second kappa shape index (κ2) is 9.35. The zero-order valence-corrected chi connectivity index (χ0v) is 13.1. The molecule has 3 heteroatoms. The zero-order valence-electron chi connectivity index (χ0n) is 13.1. The average molecular weight is 268 g/mol. The molecule has 1 atom stereocenters. The van der Waals surface area contributed by atoms with Crippen LogP contribution in [0.25, 0.3) is 0 Å². The third-order valence-electron chi connectivity index (χ3n) is 4.00. The lowest BCUT2D eigenvalue weighted by atomic mass is 10.1. The van der Waals surface area contributed by atoms with Crippen molar-refractivity contribution >= 4 is 5.91 Å². The van der Waals surface area contributed by atoms with Gasteiger partial charge in [-0.3, -0.25) is 10.1 Å². The maximum Gasteiger partial charge on any atom is 0.237 e. The quantitative estimate of drug-likeness (QED) is 0.615. The summed E-state index contributed by atoms with van der Waals surface area (Å²) in [6, 6.07) is 0. The van der Waals surface area contributed by atoms with Crippen LogP contribution in [0, 0.1) is 5.92 Å². The van der Waals surface area contributed by atoms with Crippen molar-refractivity contribution in [3.63, 3.8) is 0 Å². The molecule has 0 aliphatic carbocycles. The van der Waals surface area contributed by atoms with E-state index < -0.39 is 0 Å². The Morgan fingerprint density at radius 2 is 1.68 bits per heavy atom. The maximum atomic E-state index is 11.8. The van der Waals surface area contributed by atoms with E-state index in [1.807, 2.05) is 4.90 Å². The van der Waals surface area contributed by atoms with Gasteiger partial charge in [-0.1, -0.05) is 65.7 Å². The summed E-state index contributed by atoms with van der Waals surface area (Å²) >= 11 is 0. The monoisotopic (exact) mass is 268 g/mol. The SMILES string of the molecule is CCCCCCCCCCN1C(=O)CNC1C(C)C. The lowest BCUT2D eigenvalue weighted by Gasteiger charge is -2.27. The minimum Gasteiger partial charge on any atom is -0.326 e. The smallest absolute Gasteiger partial charge is 0.237 e. The van der Waals surface area contributed by atoms with E-state index in [-0.39, 0.29) is 12.1 Å². The van der Waals surface area contributed by atoms with Crippen LogP contribution in [0.5, 0.6) is 0 Å². The van der Waals surface area contributed by atoms with Crippen LogP contribution in [0.15, 0.2) is 0 Å². The molecule has 0 spiro atoms. The number of unbranched alkanes of at least 4 members (excludes halogenated alkanes) is 7. The first-order chi connectivity index (χ1) is 9.16. The van der Waals surface area contributed by atoms with Gasteiger partial charge < -0.3 is 4.90 Å². The number of hydrogen-bond acceptors (Lipinski definition) is 2. The van der Waals surface area contributed by atoms with Gasteiger partial charge in [0.05, 0.1) is 12.7 Å². The van der Waals surface area contributed by atoms with E-state index in [2.05, 4.69) is 26.1 Å². The molecule has 1 amide bonds. The molecular weight excluding hydrogens is 236 g/mol. The van der Waals surface area contributed by atoms with Gasteiger partial charge in [0, 0.05) is 6.54 Å². The van der Waals surface area contributed by atoms with Crippen molar-refractivity contribution < 1.29 is 4.79 Å². The summed E-state index contributed by atoms with van der Waals surface area (Å²) < 4.78 is 0. The third-order valence-corrected chi connectivity index (χ3v) is 4.00. The normalized spacial score (nSPS) is 19.7.